The maximum absolute atomic E-state index is 13.6. The molecule has 18 heavy (non-hydrogen) atoms. The molecule has 1 aliphatic carbocycles. The fourth-order valence-corrected chi connectivity index (χ4v) is 3.00. The first kappa shape index (κ1) is 11.7. The lowest BCUT2D eigenvalue weighted by molar-refractivity contribution is 0.255. The Balaban J connectivity index is 1.98. The number of rotatable bonds is 3. The average Bonchev–Trinajstić information content (AvgIpc) is 3.00. The van der Waals surface area contributed by atoms with Gasteiger partial charge in [-0.15, -0.1) is 11.3 Å². The van der Waals surface area contributed by atoms with Gasteiger partial charge in [0, 0.05) is 22.4 Å². The number of hydrogen-bond acceptors (Lipinski definition) is 3. The molecule has 0 amide bonds. The van der Waals surface area contributed by atoms with E-state index in [2.05, 4.69) is 4.98 Å². The first-order chi connectivity index (χ1) is 8.64. The molecule has 0 radical (unpaired) electrons. The highest BCUT2D eigenvalue weighted by Gasteiger charge is 2.46. The molecule has 3 rings (SSSR count). The minimum absolute atomic E-state index is 0.0753. The summed E-state index contributed by atoms with van der Waals surface area (Å²) in [6.45, 7) is 0.0753. The number of thiazole rings is 1. The van der Waals surface area contributed by atoms with Crippen molar-refractivity contribution in [2.24, 2.45) is 0 Å². The van der Waals surface area contributed by atoms with Crippen LogP contribution in [0.15, 0.2) is 23.6 Å². The Morgan fingerprint density at radius 1 is 1.33 bits per heavy atom. The lowest BCUT2D eigenvalue weighted by Gasteiger charge is -2.06. The SMILES string of the molecule is OCC1(c2nc(-c3ccc(F)cc3F)cs2)CC1. The quantitative estimate of drug-likeness (QED) is 0.927. The van der Waals surface area contributed by atoms with E-state index in [0.29, 0.717) is 11.3 Å². The molecule has 0 bridgehead atoms. The van der Waals surface area contributed by atoms with E-state index >= 15 is 0 Å². The summed E-state index contributed by atoms with van der Waals surface area (Å²) >= 11 is 1.42. The van der Waals surface area contributed by atoms with Crippen LogP contribution in [0.1, 0.15) is 17.8 Å². The predicted octanol–water partition coefficient (Wildman–Crippen LogP) is 3.11. The largest absolute Gasteiger partial charge is 0.395 e. The topological polar surface area (TPSA) is 33.1 Å². The summed E-state index contributed by atoms with van der Waals surface area (Å²) in [5.41, 5.74) is 0.597. The van der Waals surface area contributed by atoms with Gasteiger partial charge in [-0.05, 0) is 25.0 Å². The molecular weight excluding hydrogens is 256 g/mol. The lowest BCUT2D eigenvalue weighted by Crippen LogP contribution is -2.11. The van der Waals surface area contributed by atoms with E-state index in [1.807, 2.05) is 0 Å². The van der Waals surface area contributed by atoms with Crippen LogP contribution in [0.3, 0.4) is 0 Å². The summed E-state index contributed by atoms with van der Waals surface area (Å²) in [7, 11) is 0. The third kappa shape index (κ3) is 1.83. The highest BCUT2D eigenvalue weighted by Crippen LogP contribution is 2.49. The summed E-state index contributed by atoms with van der Waals surface area (Å²) in [4.78, 5) is 4.37. The van der Waals surface area contributed by atoms with Crippen LogP contribution in [0.2, 0.25) is 0 Å². The summed E-state index contributed by atoms with van der Waals surface area (Å²) in [5.74, 6) is -1.21. The highest BCUT2D eigenvalue weighted by atomic mass is 32.1. The molecular formula is C13H11F2NOS. The molecule has 5 heteroatoms. The maximum atomic E-state index is 13.6. The van der Waals surface area contributed by atoms with E-state index in [0.717, 1.165) is 23.9 Å². The van der Waals surface area contributed by atoms with E-state index in [1.54, 1.807) is 5.38 Å². The number of halogens is 2. The molecule has 1 aromatic heterocycles. The molecule has 0 spiro atoms. The van der Waals surface area contributed by atoms with Gasteiger partial charge in [0.05, 0.1) is 12.3 Å². The molecule has 1 aliphatic rings. The zero-order chi connectivity index (χ0) is 12.8. The van der Waals surface area contributed by atoms with Gasteiger partial charge in [0.2, 0.25) is 0 Å². The first-order valence-corrected chi connectivity index (χ1v) is 6.55. The second-order valence-corrected chi connectivity index (χ2v) is 5.46. The van der Waals surface area contributed by atoms with Gasteiger partial charge in [0.15, 0.2) is 0 Å². The molecule has 2 aromatic rings. The van der Waals surface area contributed by atoms with Crippen LogP contribution in [0.4, 0.5) is 8.78 Å². The molecule has 0 aliphatic heterocycles. The average molecular weight is 267 g/mol. The number of benzene rings is 1. The third-order valence-corrected chi connectivity index (χ3v) is 4.41. The molecule has 0 saturated heterocycles. The smallest absolute Gasteiger partial charge is 0.135 e. The Morgan fingerprint density at radius 2 is 2.11 bits per heavy atom. The monoisotopic (exact) mass is 267 g/mol. The van der Waals surface area contributed by atoms with Crippen molar-refractivity contribution in [2.75, 3.05) is 6.61 Å². The van der Waals surface area contributed by atoms with Crippen LogP contribution < -0.4 is 0 Å². The number of hydrogen-bond donors (Lipinski definition) is 1. The summed E-state index contributed by atoms with van der Waals surface area (Å²) < 4.78 is 26.4. The van der Waals surface area contributed by atoms with Gasteiger partial charge in [-0.2, -0.15) is 0 Å². The van der Waals surface area contributed by atoms with Crippen molar-refractivity contribution < 1.29 is 13.9 Å². The summed E-state index contributed by atoms with van der Waals surface area (Å²) in [6, 6.07) is 3.46. The first-order valence-electron chi connectivity index (χ1n) is 5.67. The number of aromatic nitrogens is 1. The number of aliphatic hydroxyl groups excluding tert-OH is 1. The maximum Gasteiger partial charge on any atom is 0.135 e. The fraction of sp³-hybridized carbons (Fsp3) is 0.308. The van der Waals surface area contributed by atoms with Crippen LogP contribution in [0, 0.1) is 11.6 Å². The van der Waals surface area contributed by atoms with E-state index in [-0.39, 0.29) is 12.0 Å². The van der Waals surface area contributed by atoms with Crippen molar-refractivity contribution in [3.8, 4) is 11.3 Å². The zero-order valence-corrected chi connectivity index (χ0v) is 10.3. The van der Waals surface area contributed by atoms with Crippen LogP contribution >= 0.6 is 11.3 Å². The second-order valence-electron chi connectivity index (χ2n) is 4.60. The van der Waals surface area contributed by atoms with Crippen LogP contribution in [-0.4, -0.2) is 16.7 Å². The Hall–Kier alpha value is -1.33. The van der Waals surface area contributed by atoms with E-state index in [1.165, 1.54) is 23.5 Å². The Labute approximate surface area is 107 Å². The number of nitrogens with zero attached hydrogens (tertiary/aromatic N) is 1. The van der Waals surface area contributed by atoms with Gasteiger partial charge in [-0.3, -0.25) is 0 Å². The van der Waals surface area contributed by atoms with Crippen LogP contribution in [-0.2, 0) is 5.41 Å². The molecule has 94 valence electrons. The Bertz CT molecular complexity index is 592. The van der Waals surface area contributed by atoms with Crippen molar-refractivity contribution >= 4 is 11.3 Å². The molecule has 1 aromatic carbocycles. The standard InChI is InChI=1S/C13H11F2NOS/c14-8-1-2-9(10(15)5-8)11-6-18-12(16-11)13(7-17)3-4-13/h1-2,5-6,17H,3-4,7H2. The van der Waals surface area contributed by atoms with E-state index in [4.69, 9.17) is 0 Å². The summed E-state index contributed by atoms with van der Waals surface area (Å²) in [6.07, 6.45) is 1.84. The minimum atomic E-state index is -0.610. The molecule has 1 N–H and O–H groups in total. The van der Waals surface area contributed by atoms with E-state index in [9.17, 15) is 13.9 Å². The van der Waals surface area contributed by atoms with Gasteiger partial charge in [0.1, 0.15) is 16.6 Å². The molecule has 2 nitrogen and oxygen atoms in total. The van der Waals surface area contributed by atoms with Gasteiger partial charge < -0.3 is 5.11 Å². The molecule has 1 fully saturated rings. The van der Waals surface area contributed by atoms with Crippen molar-refractivity contribution in [3.05, 3.63) is 40.2 Å². The molecule has 1 saturated carbocycles. The van der Waals surface area contributed by atoms with Crippen LogP contribution in [0.25, 0.3) is 11.3 Å². The van der Waals surface area contributed by atoms with Gasteiger partial charge in [-0.1, -0.05) is 0 Å². The molecule has 0 unspecified atom stereocenters. The highest BCUT2D eigenvalue weighted by molar-refractivity contribution is 7.10. The lowest BCUT2D eigenvalue weighted by atomic mass is 10.1. The third-order valence-electron chi connectivity index (χ3n) is 3.32. The zero-order valence-electron chi connectivity index (χ0n) is 9.49. The normalized spacial score (nSPS) is 16.8. The van der Waals surface area contributed by atoms with E-state index < -0.39 is 11.6 Å². The van der Waals surface area contributed by atoms with Crippen molar-refractivity contribution in [1.29, 1.82) is 0 Å². The summed E-state index contributed by atoms with van der Waals surface area (Å²) in [5, 5.41) is 11.9. The number of aliphatic hydroxyl groups is 1. The molecule has 0 atom stereocenters. The minimum Gasteiger partial charge on any atom is -0.395 e. The van der Waals surface area contributed by atoms with Crippen molar-refractivity contribution in [3.63, 3.8) is 0 Å². The fourth-order valence-electron chi connectivity index (χ4n) is 1.93. The van der Waals surface area contributed by atoms with Gasteiger partial charge in [-0.25, -0.2) is 13.8 Å². The van der Waals surface area contributed by atoms with Gasteiger partial charge in [0.25, 0.3) is 0 Å². The Kier molecular flexibility index (Phi) is 2.68. The second kappa shape index (κ2) is 4.10. The van der Waals surface area contributed by atoms with Crippen LogP contribution in [0.5, 0.6) is 0 Å². The van der Waals surface area contributed by atoms with Gasteiger partial charge >= 0.3 is 0 Å². The molecule has 1 heterocycles. The van der Waals surface area contributed by atoms with Crippen molar-refractivity contribution in [1.82, 2.24) is 4.98 Å². The predicted molar refractivity (Wildman–Crippen MR) is 65.5 cm³/mol. The van der Waals surface area contributed by atoms with Crippen molar-refractivity contribution in [2.45, 2.75) is 18.3 Å². The Morgan fingerprint density at radius 3 is 2.72 bits per heavy atom.